The molecule has 7 heteroatoms. The fourth-order valence-corrected chi connectivity index (χ4v) is 5.04. The molecule has 30 heavy (non-hydrogen) atoms. The monoisotopic (exact) mass is 425 g/mol. The van der Waals surface area contributed by atoms with Gasteiger partial charge in [0, 0.05) is 12.1 Å². The van der Waals surface area contributed by atoms with Gasteiger partial charge in [0.1, 0.15) is 5.82 Å². The van der Waals surface area contributed by atoms with Crippen LogP contribution in [0.5, 0.6) is 0 Å². The molecule has 0 N–H and O–H groups in total. The number of rotatable bonds is 4. The third-order valence-electron chi connectivity index (χ3n) is 5.64. The van der Waals surface area contributed by atoms with E-state index in [1.165, 1.54) is 22.4 Å². The summed E-state index contributed by atoms with van der Waals surface area (Å²) < 4.78 is 15.8. The van der Waals surface area contributed by atoms with Crippen molar-refractivity contribution in [2.45, 2.75) is 50.4 Å². The van der Waals surface area contributed by atoms with E-state index in [0.717, 1.165) is 19.3 Å². The number of fused-ring (bicyclic) bond motifs is 1. The van der Waals surface area contributed by atoms with Gasteiger partial charge in [-0.1, -0.05) is 36.0 Å². The predicted octanol–water partition coefficient (Wildman–Crippen LogP) is 4.41. The van der Waals surface area contributed by atoms with E-state index in [0.29, 0.717) is 16.1 Å². The molecule has 2 heterocycles. The highest BCUT2D eigenvalue weighted by molar-refractivity contribution is 7.99. The summed E-state index contributed by atoms with van der Waals surface area (Å²) in [5.74, 6) is -0.348. The lowest BCUT2D eigenvalue weighted by atomic mass is 9.98. The Morgan fingerprint density at radius 1 is 1.10 bits per heavy atom. The minimum atomic E-state index is -0.511. The van der Waals surface area contributed by atoms with Crippen molar-refractivity contribution < 1.29 is 9.18 Å². The zero-order valence-corrected chi connectivity index (χ0v) is 17.9. The van der Waals surface area contributed by atoms with E-state index in [1.807, 2.05) is 4.90 Å². The lowest BCUT2D eigenvalue weighted by Crippen LogP contribution is -2.48. The fraction of sp³-hybridized carbons (Fsp3) is 0.348. The van der Waals surface area contributed by atoms with Crippen LogP contribution in [0, 0.1) is 5.82 Å². The van der Waals surface area contributed by atoms with Gasteiger partial charge in [0.2, 0.25) is 5.91 Å². The topological polar surface area (TPSA) is 55.2 Å². The Balaban J connectivity index is 1.73. The first kappa shape index (κ1) is 20.6. The summed E-state index contributed by atoms with van der Waals surface area (Å²) in [6.07, 6.45) is 3.11. The van der Waals surface area contributed by atoms with Crippen LogP contribution in [0.4, 0.5) is 4.39 Å². The number of nitrogens with zero attached hydrogens (tertiary/aromatic N) is 3. The number of halogens is 1. The number of hydrogen-bond acceptors (Lipinski definition) is 4. The van der Waals surface area contributed by atoms with E-state index < -0.39 is 5.82 Å². The molecule has 0 radical (unpaired) electrons. The van der Waals surface area contributed by atoms with Crippen molar-refractivity contribution in [2.75, 3.05) is 5.75 Å². The SMILES string of the molecule is CC1CCCC(C)N1C(=O)CSc1nc2ccccc2c(=O)n1-c1ccccc1F. The van der Waals surface area contributed by atoms with E-state index in [4.69, 9.17) is 0 Å². The number of likely N-dealkylation sites (tertiary alicyclic amines) is 1. The molecule has 5 nitrogen and oxygen atoms in total. The van der Waals surface area contributed by atoms with Gasteiger partial charge in [0.05, 0.1) is 22.3 Å². The highest BCUT2D eigenvalue weighted by Crippen LogP contribution is 2.26. The molecular formula is C23H24FN3O2S. The third-order valence-corrected chi connectivity index (χ3v) is 6.57. The first-order valence-corrected chi connectivity index (χ1v) is 11.2. The average Bonchev–Trinajstić information content (AvgIpc) is 2.73. The zero-order chi connectivity index (χ0) is 21.3. The molecule has 1 aliphatic heterocycles. The van der Waals surface area contributed by atoms with Crippen LogP contribution in [0.15, 0.2) is 58.5 Å². The minimum absolute atomic E-state index is 0.0159. The molecule has 1 fully saturated rings. The lowest BCUT2D eigenvalue weighted by molar-refractivity contribution is -0.134. The standard InChI is InChI=1S/C23H24FN3O2S/c1-15-8-7-9-16(2)26(15)21(28)14-30-23-25-19-12-5-3-10-17(19)22(29)27(23)20-13-6-4-11-18(20)24/h3-6,10-13,15-16H,7-9,14H2,1-2H3. The van der Waals surface area contributed by atoms with E-state index in [-0.39, 0.29) is 35.0 Å². The van der Waals surface area contributed by atoms with Crippen LogP contribution >= 0.6 is 11.8 Å². The van der Waals surface area contributed by atoms with Crippen molar-refractivity contribution in [3.05, 3.63) is 64.7 Å². The number of para-hydroxylation sites is 2. The second kappa shape index (κ2) is 8.60. The largest absolute Gasteiger partial charge is 0.337 e. The molecule has 0 aliphatic carbocycles. The summed E-state index contributed by atoms with van der Waals surface area (Å²) in [5.41, 5.74) is 0.320. The maximum atomic E-state index is 14.6. The van der Waals surface area contributed by atoms with Gasteiger partial charge < -0.3 is 4.90 Å². The van der Waals surface area contributed by atoms with Crippen molar-refractivity contribution in [2.24, 2.45) is 0 Å². The summed E-state index contributed by atoms with van der Waals surface area (Å²) in [5, 5.41) is 0.726. The Hall–Kier alpha value is -2.67. The van der Waals surface area contributed by atoms with E-state index >= 15 is 0 Å². The van der Waals surface area contributed by atoms with Gasteiger partial charge in [-0.15, -0.1) is 0 Å². The second-order valence-electron chi connectivity index (χ2n) is 7.72. The Bertz CT molecular complexity index is 1140. The summed E-state index contributed by atoms with van der Waals surface area (Å²) in [6.45, 7) is 4.14. The molecule has 0 saturated carbocycles. The number of benzene rings is 2. The number of hydrogen-bond donors (Lipinski definition) is 0. The van der Waals surface area contributed by atoms with Crippen LogP contribution in [0.1, 0.15) is 33.1 Å². The molecule has 4 rings (SSSR count). The zero-order valence-electron chi connectivity index (χ0n) is 17.0. The summed E-state index contributed by atoms with van der Waals surface area (Å²) in [7, 11) is 0. The fourth-order valence-electron chi connectivity index (χ4n) is 4.17. The first-order chi connectivity index (χ1) is 14.5. The van der Waals surface area contributed by atoms with Crippen LogP contribution < -0.4 is 5.56 Å². The van der Waals surface area contributed by atoms with Crippen molar-refractivity contribution >= 4 is 28.6 Å². The molecule has 1 aromatic heterocycles. The molecule has 2 atom stereocenters. The molecule has 1 amide bonds. The van der Waals surface area contributed by atoms with Crippen LogP contribution in [0.25, 0.3) is 16.6 Å². The van der Waals surface area contributed by atoms with Crippen LogP contribution in [0.2, 0.25) is 0 Å². The van der Waals surface area contributed by atoms with Crippen molar-refractivity contribution in [3.63, 3.8) is 0 Å². The number of piperidine rings is 1. The van der Waals surface area contributed by atoms with Gasteiger partial charge >= 0.3 is 0 Å². The number of amides is 1. The number of thioether (sulfide) groups is 1. The smallest absolute Gasteiger partial charge is 0.266 e. The molecular weight excluding hydrogens is 401 g/mol. The molecule has 156 valence electrons. The maximum absolute atomic E-state index is 14.6. The first-order valence-electron chi connectivity index (χ1n) is 10.2. The van der Waals surface area contributed by atoms with E-state index in [1.54, 1.807) is 42.5 Å². The van der Waals surface area contributed by atoms with Gasteiger partial charge in [0.15, 0.2) is 5.16 Å². The van der Waals surface area contributed by atoms with Crippen LogP contribution in [-0.2, 0) is 4.79 Å². The Morgan fingerprint density at radius 3 is 2.50 bits per heavy atom. The maximum Gasteiger partial charge on any atom is 0.266 e. The van der Waals surface area contributed by atoms with Crippen molar-refractivity contribution in [3.8, 4) is 5.69 Å². The summed E-state index contributed by atoms with van der Waals surface area (Å²) >= 11 is 1.18. The highest BCUT2D eigenvalue weighted by Gasteiger charge is 2.29. The predicted molar refractivity (Wildman–Crippen MR) is 118 cm³/mol. The molecule has 1 saturated heterocycles. The number of aromatic nitrogens is 2. The Labute approximate surface area is 178 Å². The van der Waals surface area contributed by atoms with Gasteiger partial charge in [0.25, 0.3) is 5.56 Å². The highest BCUT2D eigenvalue weighted by atomic mass is 32.2. The van der Waals surface area contributed by atoms with Gasteiger partial charge in [-0.25, -0.2) is 9.37 Å². The van der Waals surface area contributed by atoms with E-state index in [2.05, 4.69) is 18.8 Å². The second-order valence-corrected chi connectivity index (χ2v) is 8.66. The molecule has 1 aliphatic rings. The van der Waals surface area contributed by atoms with E-state index in [9.17, 15) is 14.0 Å². The van der Waals surface area contributed by atoms with Gasteiger partial charge in [-0.3, -0.25) is 14.2 Å². The third kappa shape index (κ3) is 3.86. The molecule has 0 spiro atoms. The van der Waals surface area contributed by atoms with Gasteiger partial charge in [-0.05, 0) is 57.4 Å². The van der Waals surface area contributed by atoms with Crippen molar-refractivity contribution in [1.29, 1.82) is 0 Å². The Morgan fingerprint density at radius 2 is 1.77 bits per heavy atom. The van der Waals surface area contributed by atoms with Crippen LogP contribution in [0.3, 0.4) is 0 Å². The minimum Gasteiger partial charge on any atom is -0.337 e. The van der Waals surface area contributed by atoms with Crippen LogP contribution in [-0.4, -0.2) is 38.2 Å². The molecule has 2 aromatic carbocycles. The molecule has 2 unspecified atom stereocenters. The molecule has 0 bridgehead atoms. The average molecular weight is 426 g/mol. The lowest BCUT2D eigenvalue weighted by Gasteiger charge is -2.39. The van der Waals surface area contributed by atoms with Crippen molar-refractivity contribution in [1.82, 2.24) is 14.5 Å². The number of carbonyl (C=O) groups excluding carboxylic acids is 1. The summed E-state index contributed by atoms with van der Waals surface area (Å²) in [6, 6.07) is 13.5. The normalized spacial score (nSPS) is 19.2. The van der Waals surface area contributed by atoms with Gasteiger partial charge in [-0.2, -0.15) is 0 Å². The Kier molecular flexibility index (Phi) is 5.90. The number of carbonyl (C=O) groups is 1. The summed E-state index contributed by atoms with van der Waals surface area (Å²) in [4.78, 5) is 32.7. The molecule has 3 aromatic rings. The quantitative estimate of drug-likeness (QED) is 0.459.